The number of fused-ring (bicyclic) bond motifs is 1. The molecule has 46 heavy (non-hydrogen) atoms. The molecule has 3 aromatic carbocycles. The van der Waals surface area contributed by atoms with Crippen molar-refractivity contribution in [3.8, 4) is 5.75 Å². The first-order chi connectivity index (χ1) is 22.3. The van der Waals surface area contributed by atoms with Crippen molar-refractivity contribution in [3.05, 3.63) is 89.0 Å². The predicted molar refractivity (Wildman–Crippen MR) is 177 cm³/mol. The number of sulfonamides is 1. The van der Waals surface area contributed by atoms with E-state index >= 15 is 0 Å². The van der Waals surface area contributed by atoms with Crippen LogP contribution in [0.15, 0.2) is 71.6 Å². The second-order valence-electron chi connectivity index (χ2n) is 12.7. The van der Waals surface area contributed by atoms with E-state index in [0.29, 0.717) is 19.1 Å². The Kier molecular flexibility index (Phi) is 10.3. The summed E-state index contributed by atoms with van der Waals surface area (Å²) >= 11 is 0. The molecule has 0 amide bonds. The first kappa shape index (κ1) is 32.9. The number of aliphatic hydroxyl groups excluding tert-OH is 1. The Bertz CT molecular complexity index is 1560. The summed E-state index contributed by atoms with van der Waals surface area (Å²) in [6.45, 7) is 5.27. The molecule has 1 N–H and O–H groups in total. The molecule has 6 rings (SSSR count). The fraction of sp³-hybridized carbons (Fsp3) is 0.500. The van der Waals surface area contributed by atoms with E-state index in [1.807, 2.05) is 31.2 Å². The normalized spacial score (nSPS) is 22.7. The summed E-state index contributed by atoms with van der Waals surface area (Å²) in [5.74, 6) is 0.979. The van der Waals surface area contributed by atoms with Gasteiger partial charge >= 0.3 is 0 Å². The lowest BCUT2D eigenvalue weighted by atomic mass is 9.84. The maximum Gasteiger partial charge on any atom is 0.243 e. The molecule has 3 aromatic rings. The summed E-state index contributed by atoms with van der Waals surface area (Å²) in [5, 5.41) is 11.6. The number of ether oxygens (including phenoxy) is 4. The highest BCUT2D eigenvalue weighted by molar-refractivity contribution is 7.89. The van der Waals surface area contributed by atoms with Crippen molar-refractivity contribution >= 4 is 15.7 Å². The van der Waals surface area contributed by atoms with Gasteiger partial charge in [-0.1, -0.05) is 48.0 Å². The van der Waals surface area contributed by atoms with Crippen molar-refractivity contribution in [2.45, 2.75) is 61.9 Å². The largest absolute Gasteiger partial charge is 0.490 e. The van der Waals surface area contributed by atoms with Crippen molar-refractivity contribution in [1.29, 1.82) is 0 Å². The fourth-order valence-electron chi connectivity index (χ4n) is 6.76. The maximum atomic E-state index is 13.8. The minimum Gasteiger partial charge on any atom is -0.490 e. The van der Waals surface area contributed by atoms with Gasteiger partial charge in [0.15, 0.2) is 0 Å². The summed E-state index contributed by atoms with van der Waals surface area (Å²) in [6.07, 6.45) is 1.77. The highest BCUT2D eigenvalue weighted by Gasteiger charge is 2.42. The zero-order chi connectivity index (χ0) is 32.3. The topological polar surface area (TPSA) is 97.8 Å². The van der Waals surface area contributed by atoms with Gasteiger partial charge in [-0.25, -0.2) is 8.42 Å². The minimum absolute atomic E-state index is 0.0160. The van der Waals surface area contributed by atoms with Crippen LogP contribution in [0.3, 0.4) is 0 Å². The Balaban J connectivity index is 1.25. The summed E-state index contributed by atoms with van der Waals surface area (Å²) in [4.78, 5) is 2.52. The highest BCUT2D eigenvalue weighted by Crippen LogP contribution is 2.43. The van der Waals surface area contributed by atoms with E-state index in [2.05, 4.69) is 23.1 Å². The minimum atomic E-state index is -3.84. The third-order valence-corrected chi connectivity index (χ3v) is 11.3. The summed E-state index contributed by atoms with van der Waals surface area (Å²) in [7, 11) is -0.381. The Morgan fingerprint density at radius 3 is 2.46 bits per heavy atom. The van der Waals surface area contributed by atoms with Gasteiger partial charge in [-0.2, -0.15) is 4.31 Å². The molecule has 1 saturated carbocycles. The SMILES string of the molecule is COCCCN1CCOc2ccc(CO[C@H]3CN(S(=O)(=O)c4ccc(C)cc4)C[C@@H](O)[C@@H]3c3ccc(C(OC)C4CC4)cc3)cc21. The molecule has 2 heterocycles. The molecular formula is C36H46N2O7S. The smallest absolute Gasteiger partial charge is 0.243 e. The molecule has 1 aliphatic carbocycles. The van der Waals surface area contributed by atoms with Crippen LogP contribution in [0.25, 0.3) is 0 Å². The molecule has 9 nitrogen and oxygen atoms in total. The molecule has 248 valence electrons. The molecule has 4 atom stereocenters. The average molecular weight is 651 g/mol. The first-order valence-electron chi connectivity index (χ1n) is 16.3. The van der Waals surface area contributed by atoms with Crippen molar-refractivity contribution in [3.63, 3.8) is 0 Å². The number of hydrogen-bond acceptors (Lipinski definition) is 8. The van der Waals surface area contributed by atoms with Crippen LogP contribution < -0.4 is 9.64 Å². The lowest BCUT2D eigenvalue weighted by molar-refractivity contribution is -0.0534. The number of benzene rings is 3. The molecule has 10 heteroatoms. The second kappa shape index (κ2) is 14.4. The molecule has 2 fully saturated rings. The zero-order valence-corrected chi connectivity index (χ0v) is 27.8. The second-order valence-corrected chi connectivity index (χ2v) is 14.7. The van der Waals surface area contributed by atoms with Crippen molar-refractivity contribution in [2.24, 2.45) is 5.92 Å². The fourth-order valence-corrected chi connectivity index (χ4v) is 8.23. The molecule has 2 aliphatic heterocycles. The van der Waals surface area contributed by atoms with Gasteiger partial charge in [-0.15, -0.1) is 0 Å². The highest BCUT2D eigenvalue weighted by atomic mass is 32.2. The number of aryl methyl sites for hydroxylation is 1. The quantitative estimate of drug-likeness (QED) is 0.257. The average Bonchev–Trinajstić information content (AvgIpc) is 3.90. The molecule has 3 aliphatic rings. The summed E-state index contributed by atoms with van der Waals surface area (Å²) in [5.41, 5.74) is 4.99. The van der Waals surface area contributed by atoms with E-state index in [9.17, 15) is 13.5 Å². The van der Waals surface area contributed by atoms with E-state index in [1.54, 1.807) is 38.5 Å². The van der Waals surface area contributed by atoms with E-state index in [0.717, 1.165) is 53.2 Å². The van der Waals surface area contributed by atoms with Crippen LogP contribution >= 0.6 is 0 Å². The molecule has 0 bridgehead atoms. The van der Waals surface area contributed by atoms with E-state index in [-0.39, 0.29) is 30.7 Å². The zero-order valence-electron chi connectivity index (χ0n) is 27.0. The molecule has 0 radical (unpaired) electrons. The standard InChI is InChI=1S/C36H46N2O7S/c1-25-5-14-30(15-6-25)46(40,41)38-22-32(39)35(27-8-10-28(11-9-27)36(43-3)29-12-13-29)34(23-38)45-24-26-7-16-33-31(21-26)37(18-20-44-33)17-4-19-42-2/h5-11,14-16,21,29,32,34-36,39H,4,12-13,17-20,22-24H2,1-3H3/t32-,34+,35+,36?/m1/s1. The molecule has 1 saturated heterocycles. The Morgan fingerprint density at radius 1 is 1.00 bits per heavy atom. The van der Waals surface area contributed by atoms with Crippen LogP contribution in [0.4, 0.5) is 5.69 Å². The Labute approximate surface area is 273 Å². The van der Waals surface area contributed by atoms with Crippen molar-refractivity contribution < 1.29 is 32.5 Å². The number of piperidine rings is 1. The van der Waals surface area contributed by atoms with Gasteiger partial charge in [0.2, 0.25) is 10.0 Å². The molecular weight excluding hydrogens is 604 g/mol. The van der Waals surface area contributed by atoms with E-state index in [1.165, 1.54) is 17.1 Å². The van der Waals surface area contributed by atoms with Crippen LogP contribution in [0.2, 0.25) is 0 Å². The van der Waals surface area contributed by atoms with Gasteiger partial charge < -0.3 is 29.0 Å². The number of aliphatic hydroxyl groups is 1. The van der Waals surface area contributed by atoms with Crippen LogP contribution in [0.5, 0.6) is 5.75 Å². The number of anilines is 1. The lowest BCUT2D eigenvalue weighted by Crippen LogP contribution is -2.53. The summed E-state index contributed by atoms with van der Waals surface area (Å²) < 4.78 is 52.4. The van der Waals surface area contributed by atoms with Crippen LogP contribution in [0.1, 0.15) is 53.5 Å². The molecule has 0 aromatic heterocycles. The van der Waals surface area contributed by atoms with E-state index in [4.69, 9.17) is 18.9 Å². The maximum absolute atomic E-state index is 13.8. The monoisotopic (exact) mass is 650 g/mol. The van der Waals surface area contributed by atoms with Crippen LogP contribution in [-0.2, 0) is 30.8 Å². The number of hydrogen-bond donors (Lipinski definition) is 1. The molecule has 0 spiro atoms. The number of β-amino-alcohol motifs (C(OH)–C–C–N with tert-alkyl or cyclic N) is 1. The number of rotatable bonds is 13. The van der Waals surface area contributed by atoms with Gasteiger partial charge in [0.05, 0.1) is 42.0 Å². The summed E-state index contributed by atoms with van der Waals surface area (Å²) in [6, 6.07) is 21.1. The van der Waals surface area contributed by atoms with Gasteiger partial charge in [0.1, 0.15) is 12.4 Å². The molecule has 1 unspecified atom stereocenters. The van der Waals surface area contributed by atoms with Gasteiger partial charge in [0.25, 0.3) is 0 Å². The third kappa shape index (κ3) is 7.27. The third-order valence-electron chi connectivity index (χ3n) is 9.43. The van der Waals surface area contributed by atoms with Gasteiger partial charge in [0, 0.05) is 46.4 Å². The van der Waals surface area contributed by atoms with Crippen LogP contribution in [0, 0.1) is 12.8 Å². The predicted octanol–water partition coefficient (Wildman–Crippen LogP) is 5.06. The number of nitrogens with zero attached hydrogens (tertiary/aromatic N) is 2. The van der Waals surface area contributed by atoms with Crippen molar-refractivity contribution in [1.82, 2.24) is 4.31 Å². The van der Waals surface area contributed by atoms with Gasteiger partial charge in [-0.3, -0.25) is 0 Å². The van der Waals surface area contributed by atoms with E-state index < -0.39 is 28.1 Å². The first-order valence-corrected chi connectivity index (χ1v) is 17.7. The Morgan fingerprint density at radius 2 is 1.76 bits per heavy atom. The van der Waals surface area contributed by atoms with Crippen molar-refractivity contribution in [2.75, 3.05) is 58.5 Å². The van der Waals surface area contributed by atoms with Crippen LogP contribution in [-0.4, -0.2) is 83.6 Å². The van der Waals surface area contributed by atoms with Gasteiger partial charge in [-0.05, 0) is 73.1 Å². The number of methoxy groups -OCH3 is 2. The lowest BCUT2D eigenvalue weighted by Gasteiger charge is -2.41. The Hall–Kier alpha value is -2.99.